The molecular formula is C18H24ClN5O4. The van der Waals surface area contributed by atoms with E-state index in [1.807, 2.05) is 13.8 Å². The molecule has 0 radical (unpaired) electrons. The summed E-state index contributed by atoms with van der Waals surface area (Å²) in [5.41, 5.74) is 0.788. The molecule has 1 saturated heterocycles. The molecule has 3 rings (SSSR count). The van der Waals surface area contributed by atoms with Gasteiger partial charge in [-0.25, -0.2) is 4.98 Å². The summed E-state index contributed by atoms with van der Waals surface area (Å²) in [5, 5.41) is 16.0. The molecule has 0 saturated carbocycles. The number of amides is 1. The fraction of sp³-hybridized carbons (Fsp3) is 0.556. The molecule has 1 aliphatic heterocycles. The second kappa shape index (κ2) is 7.92. The first-order chi connectivity index (χ1) is 13.3. The number of hydrogen-bond acceptors (Lipinski definition) is 7. The molecule has 10 heteroatoms. The van der Waals surface area contributed by atoms with Gasteiger partial charge in [0.15, 0.2) is 0 Å². The molecule has 2 aromatic heterocycles. The second-order valence-corrected chi connectivity index (χ2v) is 7.21. The van der Waals surface area contributed by atoms with E-state index in [-0.39, 0.29) is 24.3 Å². The van der Waals surface area contributed by atoms with Crippen LogP contribution in [0.15, 0.2) is 6.20 Å². The number of nitrogens with zero attached hydrogens (tertiary/aromatic N) is 5. The van der Waals surface area contributed by atoms with Gasteiger partial charge >= 0.3 is 6.01 Å². The molecule has 3 heterocycles. The number of aryl methyl sites for hydroxylation is 1. The standard InChI is InChI=1S/C18H24ClN5O4/c1-11-15(19)12(2)24(22-11)10-14(25)23-7-5-18(26,6-8-23)13-9-20-17(28-4)21-16(13)27-3/h9,26H,5-8,10H2,1-4H3. The zero-order valence-corrected chi connectivity index (χ0v) is 17.2. The van der Waals surface area contributed by atoms with Crippen molar-refractivity contribution in [1.29, 1.82) is 0 Å². The third kappa shape index (κ3) is 3.77. The van der Waals surface area contributed by atoms with Gasteiger partial charge in [0.05, 0.1) is 41.8 Å². The maximum absolute atomic E-state index is 12.7. The predicted octanol–water partition coefficient (Wildman–Crippen LogP) is 1.47. The van der Waals surface area contributed by atoms with Gasteiger partial charge in [-0.15, -0.1) is 0 Å². The van der Waals surface area contributed by atoms with Gasteiger partial charge in [0.2, 0.25) is 11.8 Å². The molecule has 0 aliphatic carbocycles. The number of aliphatic hydroxyl groups is 1. The summed E-state index contributed by atoms with van der Waals surface area (Å²) in [6.45, 7) is 4.56. The lowest BCUT2D eigenvalue weighted by atomic mass is 9.85. The number of hydrogen-bond donors (Lipinski definition) is 1. The first-order valence-corrected chi connectivity index (χ1v) is 9.32. The monoisotopic (exact) mass is 409 g/mol. The number of halogens is 1. The summed E-state index contributed by atoms with van der Waals surface area (Å²) in [5.74, 6) is 0.202. The molecule has 1 aliphatic rings. The Morgan fingerprint density at radius 1 is 1.29 bits per heavy atom. The van der Waals surface area contributed by atoms with Crippen molar-refractivity contribution in [3.63, 3.8) is 0 Å². The van der Waals surface area contributed by atoms with Crippen molar-refractivity contribution in [3.8, 4) is 11.9 Å². The summed E-state index contributed by atoms with van der Waals surface area (Å²) >= 11 is 6.15. The van der Waals surface area contributed by atoms with Gasteiger partial charge < -0.3 is 19.5 Å². The zero-order chi connectivity index (χ0) is 20.5. The quantitative estimate of drug-likeness (QED) is 0.797. The largest absolute Gasteiger partial charge is 0.481 e. The minimum atomic E-state index is -1.17. The van der Waals surface area contributed by atoms with Crippen LogP contribution >= 0.6 is 11.6 Å². The lowest BCUT2D eigenvalue weighted by Gasteiger charge is -2.38. The topological polar surface area (TPSA) is 103 Å². The van der Waals surface area contributed by atoms with Crippen LogP contribution in [0.2, 0.25) is 5.02 Å². The van der Waals surface area contributed by atoms with Crippen LogP contribution in [0.25, 0.3) is 0 Å². The Morgan fingerprint density at radius 2 is 1.96 bits per heavy atom. The highest BCUT2D eigenvalue weighted by Crippen LogP contribution is 2.37. The molecule has 0 aromatic carbocycles. The van der Waals surface area contributed by atoms with E-state index in [0.717, 1.165) is 5.69 Å². The van der Waals surface area contributed by atoms with E-state index < -0.39 is 5.60 Å². The third-order valence-electron chi connectivity index (χ3n) is 5.13. The molecule has 1 fully saturated rings. The van der Waals surface area contributed by atoms with Gasteiger partial charge in [-0.2, -0.15) is 10.1 Å². The number of carbonyl (C=O) groups is 1. The molecule has 0 atom stereocenters. The van der Waals surface area contributed by atoms with Crippen LogP contribution in [0.5, 0.6) is 11.9 Å². The van der Waals surface area contributed by atoms with Crippen LogP contribution in [-0.2, 0) is 16.9 Å². The van der Waals surface area contributed by atoms with Gasteiger partial charge in [-0.3, -0.25) is 9.48 Å². The number of aromatic nitrogens is 4. The maximum Gasteiger partial charge on any atom is 0.319 e. The van der Waals surface area contributed by atoms with E-state index in [4.69, 9.17) is 21.1 Å². The molecule has 0 unspecified atom stereocenters. The Hall–Kier alpha value is -2.39. The highest BCUT2D eigenvalue weighted by atomic mass is 35.5. The minimum absolute atomic E-state index is 0.0673. The Labute approximate surface area is 168 Å². The zero-order valence-electron chi connectivity index (χ0n) is 16.4. The summed E-state index contributed by atoms with van der Waals surface area (Å²) in [6, 6.07) is 0.167. The van der Waals surface area contributed by atoms with E-state index >= 15 is 0 Å². The van der Waals surface area contributed by atoms with Gasteiger partial charge in [0, 0.05) is 19.3 Å². The van der Waals surface area contributed by atoms with E-state index in [9.17, 15) is 9.90 Å². The molecule has 9 nitrogen and oxygen atoms in total. The fourth-order valence-corrected chi connectivity index (χ4v) is 3.51. The normalized spacial score (nSPS) is 16.1. The summed E-state index contributed by atoms with van der Waals surface area (Å²) < 4.78 is 11.9. The number of carbonyl (C=O) groups excluding carboxylic acids is 1. The number of ether oxygens (including phenoxy) is 2. The highest BCUT2D eigenvalue weighted by Gasteiger charge is 2.38. The van der Waals surface area contributed by atoms with E-state index in [1.165, 1.54) is 20.4 Å². The molecule has 28 heavy (non-hydrogen) atoms. The molecule has 1 amide bonds. The van der Waals surface area contributed by atoms with Crippen molar-refractivity contribution in [2.45, 2.75) is 38.8 Å². The number of likely N-dealkylation sites (tertiary alicyclic amines) is 1. The van der Waals surface area contributed by atoms with Crippen LogP contribution in [0.3, 0.4) is 0 Å². The van der Waals surface area contributed by atoms with Crippen molar-refractivity contribution >= 4 is 17.5 Å². The smallest absolute Gasteiger partial charge is 0.319 e. The maximum atomic E-state index is 12.7. The van der Waals surface area contributed by atoms with Crippen molar-refractivity contribution in [3.05, 3.63) is 28.2 Å². The van der Waals surface area contributed by atoms with E-state index in [1.54, 1.807) is 9.58 Å². The van der Waals surface area contributed by atoms with Gasteiger partial charge in [0.1, 0.15) is 6.54 Å². The van der Waals surface area contributed by atoms with E-state index in [0.29, 0.717) is 42.2 Å². The van der Waals surface area contributed by atoms with E-state index in [2.05, 4.69) is 15.1 Å². The fourth-order valence-electron chi connectivity index (χ4n) is 3.38. The first-order valence-electron chi connectivity index (χ1n) is 8.94. The van der Waals surface area contributed by atoms with Crippen molar-refractivity contribution in [1.82, 2.24) is 24.6 Å². The SMILES string of the molecule is COc1ncc(C2(O)CCN(C(=O)Cn3nc(C)c(Cl)c3C)CC2)c(OC)n1. The molecule has 2 aromatic rings. The minimum Gasteiger partial charge on any atom is -0.481 e. The third-order valence-corrected chi connectivity index (χ3v) is 5.68. The lowest BCUT2D eigenvalue weighted by molar-refractivity contribution is -0.136. The molecule has 152 valence electrons. The van der Waals surface area contributed by atoms with Gasteiger partial charge in [-0.05, 0) is 26.7 Å². The molecule has 1 N–H and O–H groups in total. The van der Waals surface area contributed by atoms with Crippen LogP contribution in [0, 0.1) is 13.8 Å². The molecule has 0 spiro atoms. The Bertz CT molecular complexity index is 877. The van der Waals surface area contributed by atoms with Gasteiger partial charge in [-0.1, -0.05) is 11.6 Å². The van der Waals surface area contributed by atoms with Crippen molar-refractivity contribution in [2.75, 3.05) is 27.3 Å². The van der Waals surface area contributed by atoms with Crippen LogP contribution in [-0.4, -0.2) is 63.0 Å². The molecular weight excluding hydrogens is 386 g/mol. The Morgan fingerprint density at radius 3 is 2.50 bits per heavy atom. The van der Waals surface area contributed by atoms with Crippen LogP contribution in [0.4, 0.5) is 0 Å². The predicted molar refractivity (Wildman–Crippen MR) is 102 cm³/mol. The van der Waals surface area contributed by atoms with Crippen molar-refractivity contribution < 1.29 is 19.4 Å². The Balaban J connectivity index is 1.69. The van der Waals surface area contributed by atoms with Crippen molar-refractivity contribution in [2.24, 2.45) is 0 Å². The van der Waals surface area contributed by atoms with Crippen LogP contribution in [0.1, 0.15) is 29.8 Å². The number of piperidine rings is 1. The summed E-state index contributed by atoms with van der Waals surface area (Å²) in [4.78, 5) is 22.6. The Kier molecular flexibility index (Phi) is 5.76. The van der Waals surface area contributed by atoms with Gasteiger partial charge in [0.25, 0.3) is 0 Å². The summed E-state index contributed by atoms with van der Waals surface area (Å²) in [7, 11) is 2.94. The molecule has 0 bridgehead atoms. The number of rotatable bonds is 5. The summed E-state index contributed by atoms with van der Waals surface area (Å²) in [6.07, 6.45) is 2.21. The highest BCUT2D eigenvalue weighted by molar-refractivity contribution is 6.31. The first kappa shape index (κ1) is 20.3. The van der Waals surface area contributed by atoms with Crippen LogP contribution < -0.4 is 9.47 Å². The average molecular weight is 410 g/mol. The second-order valence-electron chi connectivity index (χ2n) is 6.83. The lowest BCUT2D eigenvalue weighted by Crippen LogP contribution is -2.46. The number of methoxy groups -OCH3 is 2. The average Bonchev–Trinajstić information content (AvgIpc) is 2.94.